The number of hydrogen-bond acceptors (Lipinski definition) is 3. The van der Waals surface area contributed by atoms with Gasteiger partial charge in [0.1, 0.15) is 12.4 Å². The highest BCUT2D eigenvalue weighted by molar-refractivity contribution is 5.82. The second-order valence-corrected chi connectivity index (χ2v) is 9.29. The van der Waals surface area contributed by atoms with Crippen LogP contribution in [0.25, 0.3) is 0 Å². The number of rotatable bonds is 3. The third-order valence-electron chi connectivity index (χ3n) is 7.34. The number of hydrogen-bond donors (Lipinski definition) is 1. The van der Waals surface area contributed by atoms with Crippen LogP contribution in [0.15, 0.2) is 24.3 Å². The first-order valence-corrected chi connectivity index (χ1v) is 10.4. The minimum atomic E-state index is -0.113. The van der Waals surface area contributed by atoms with E-state index >= 15 is 0 Å². The summed E-state index contributed by atoms with van der Waals surface area (Å²) in [5, 5.41) is 3.54. The van der Waals surface area contributed by atoms with Crippen LogP contribution in [0.2, 0.25) is 0 Å². The third-order valence-corrected chi connectivity index (χ3v) is 7.34. The molecule has 1 aromatic rings. The smallest absolute Gasteiger partial charge is 0.237 e. The molecule has 4 nitrogen and oxygen atoms in total. The van der Waals surface area contributed by atoms with Gasteiger partial charge in [0.2, 0.25) is 5.91 Å². The van der Waals surface area contributed by atoms with E-state index in [-0.39, 0.29) is 17.5 Å². The topological polar surface area (TPSA) is 41.6 Å². The summed E-state index contributed by atoms with van der Waals surface area (Å²) < 4.78 is 5.87. The van der Waals surface area contributed by atoms with Gasteiger partial charge in [-0.1, -0.05) is 18.2 Å². The highest BCUT2D eigenvalue weighted by Gasteiger charge is 2.51. The number of carbonyl (C=O) groups excluding carboxylic acids is 1. The second-order valence-electron chi connectivity index (χ2n) is 9.29. The fourth-order valence-electron chi connectivity index (χ4n) is 6.47. The van der Waals surface area contributed by atoms with Gasteiger partial charge in [0.05, 0.1) is 6.04 Å². The van der Waals surface area contributed by atoms with Crippen molar-refractivity contribution < 1.29 is 9.53 Å². The monoisotopic (exact) mass is 354 g/mol. The Morgan fingerprint density at radius 1 is 1.15 bits per heavy atom. The zero-order valence-corrected chi connectivity index (χ0v) is 15.7. The first kappa shape index (κ1) is 16.6. The van der Waals surface area contributed by atoms with Gasteiger partial charge in [-0.05, 0) is 69.3 Å². The molecule has 1 heterocycles. The lowest BCUT2D eigenvalue weighted by molar-refractivity contribution is -0.132. The highest BCUT2D eigenvalue weighted by Crippen LogP contribution is 2.55. The van der Waals surface area contributed by atoms with E-state index in [9.17, 15) is 4.79 Å². The van der Waals surface area contributed by atoms with Crippen molar-refractivity contribution in [3.8, 4) is 5.75 Å². The molecular weight excluding hydrogens is 324 g/mol. The molecule has 1 aliphatic heterocycles. The number of ether oxygens (including phenoxy) is 1. The first-order chi connectivity index (χ1) is 12.6. The van der Waals surface area contributed by atoms with E-state index in [2.05, 4.69) is 23.2 Å². The molecule has 0 aromatic heterocycles. The van der Waals surface area contributed by atoms with Crippen molar-refractivity contribution in [2.45, 2.75) is 63.6 Å². The summed E-state index contributed by atoms with van der Waals surface area (Å²) in [5.74, 6) is 3.75. The van der Waals surface area contributed by atoms with E-state index in [1.807, 2.05) is 18.2 Å². The van der Waals surface area contributed by atoms with Crippen molar-refractivity contribution >= 4 is 5.91 Å². The van der Waals surface area contributed by atoms with Gasteiger partial charge in [0.15, 0.2) is 0 Å². The first-order valence-electron chi connectivity index (χ1n) is 10.4. The summed E-state index contributed by atoms with van der Waals surface area (Å²) in [7, 11) is 0. The van der Waals surface area contributed by atoms with Crippen LogP contribution in [0.1, 0.15) is 51.0 Å². The van der Waals surface area contributed by atoms with Gasteiger partial charge in [0, 0.05) is 24.2 Å². The minimum Gasteiger partial charge on any atom is -0.492 e. The predicted octanol–water partition coefficient (Wildman–Crippen LogP) is 3.35. The van der Waals surface area contributed by atoms with Crippen LogP contribution < -0.4 is 10.1 Å². The molecule has 1 aromatic carbocycles. The Morgan fingerprint density at radius 2 is 1.81 bits per heavy atom. The van der Waals surface area contributed by atoms with Crippen LogP contribution in [0.3, 0.4) is 0 Å². The molecule has 1 atom stereocenters. The number of para-hydroxylation sites is 1. The third kappa shape index (κ3) is 2.92. The maximum absolute atomic E-state index is 13.2. The number of fused-ring (bicyclic) bond motifs is 1. The van der Waals surface area contributed by atoms with Crippen LogP contribution in [-0.4, -0.2) is 35.5 Å². The summed E-state index contributed by atoms with van der Waals surface area (Å²) in [6.45, 7) is 4.28. The van der Waals surface area contributed by atoms with E-state index in [0.29, 0.717) is 6.61 Å². The molecule has 4 heteroatoms. The van der Waals surface area contributed by atoms with Gasteiger partial charge in [-0.2, -0.15) is 0 Å². The molecule has 4 fully saturated rings. The van der Waals surface area contributed by atoms with Gasteiger partial charge >= 0.3 is 0 Å². The second kappa shape index (κ2) is 6.26. The van der Waals surface area contributed by atoms with Crippen LogP contribution in [0.4, 0.5) is 0 Å². The maximum atomic E-state index is 13.2. The Hall–Kier alpha value is -1.55. The standard InChI is InChI=1S/C22H30N2O2/c1-15(24-6-7-26-20-5-3-2-4-19(20)14-24)21(25)23-22-11-16-8-17(12-22)10-18(9-16)13-22/h2-5,15-18H,6-14H2,1H3,(H,23,25). The Labute approximate surface area is 156 Å². The highest BCUT2D eigenvalue weighted by atomic mass is 16.5. The maximum Gasteiger partial charge on any atom is 0.237 e. The largest absolute Gasteiger partial charge is 0.492 e. The Balaban J connectivity index is 1.28. The van der Waals surface area contributed by atoms with E-state index in [4.69, 9.17) is 4.74 Å². The SMILES string of the molecule is CC(C(=O)NC12CC3CC(CC(C3)C1)C2)N1CCOc2ccccc2C1. The summed E-state index contributed by atoms with van der Waals surface area (Å²) in [4.78, 5) is 15.4. The summed E-state index contributed by atoms with van der Waals surface area (Å²) in [6.07, 6.45) is 7.86. The van der Waals surface area contributed by atoms with Crippen molar-refractivity contribution in [1.29, 1.82) is 0 Å². The molecular formula is C22H30N2O2. The van der Waals surface area contributed by atoms with E-state index < -0.39 is 0 Å². The van der Waals surface area contributed by atoms with Gasteiger partial charge in [0.25, 0.3) is 0 Å². The molecule has 1 amide bonds. The fraction of sp³-hybridized carbons (Fsp3) is 0.682. The van der Waals surface area contributed by atoms with Crippen molar-refractivity contribution in [3.63, 3.8) is 0 Å². The van der Waals surface area contributed by atoms with Crippen LogP contribution in [-0.2, 0) is 11.3 Å². The molecule has 6 rings (SSSR count). The molecule has 0 radical (unpaired) electrons. The summed E-state index contributed by atoms with van der Waals surface area (Å²) in [6, 6.07) is 8.08. The molecule has 140 valence electrons. The van der Waals surface area contributed by atoms with Gasteiger partial charge in [-0.3, -0.25) is 9.69 Å². The fourth-order valence-corrected chi connectivity index (χ4v) is 6.47. The Bertz CT molecular complexity index is 666. The molecule has 0 spiro atoms. The molecule has 26 heavy (non-hydrogen) atoms. The Kier molecular flexibility index (Phi) is 4.00. The lowest BCUT2D eigenvalue weighted by Crippen LogP contribution is -2.62. The lowest BCUT2D eigenvalue weighted by atomic mass is 9.53. The number of nitrogens with zero attached hydrogens (tertiary/aromatic N) is 1. The molecule has 4 aliphatic carbocycles. The van der Waals surface area contributed by atoms with Crippen molar-refractivity contribution in [3.05, 3.63) is 29.8 Å². The molecule has 4 saturated carbocycles. The van der Waals surface area contributed by atoms with Crippen molar-refractivity contribution in [1.82, 2.24) is 10.2 Å². The predicted molar refractivity (Wildman–Crippen MR) is 101 cm³/mol. The minimum absolute atomic E-state index is 0.0976. The molecule has 4 bridgehead atoms. The molecule has 1 N–H and O–H groups in total. The summed E-state index contributed by atoms with van der Waals surface area (Å²) >= 11 is 0. The van der Waals surface area contributed by atoms with Crippen LogP contribution in [0.5, 0.6) is 5.75 Å². The number of nitrogens with one attached hydrogen (secondary N) is 1. The van der Waals surface area contributed by atoms with Crippen LogP contribution >= 0.6 is 0 Å². The van der Waals surface area contributed by atoms with E-state index in [0.717, 1.165) is 36.6 Å². The number of benzene rings is 1. The van der Waals surface area contributed by atoms with Crippen molar-refractivity contribution in [2.24, 2.45) is 17.8 Å². The Morgan fingerprint density at radius 3 is 2.50 bits per heavy atom. The summed E-state index contributed by atoms with van der Waals surface area (Å²) in [5.41, 5.74) is 1.28. The zero-order valence-electron chi connectivity index (χ0n) is 15.7. The normalized spacial score (nSPS) is 36.7. The molecule has 1 unspecified atom stereocenters. The zero-order chi connectivity index (χ0) is 17.7. The van der Waals surface area contributed by atoms with Gasteiger partial charge in [-0.25, -0.2) is 0 Å². The average Bonchev–Trinajstić information content (AvgIpc) is 2.81. The number of amides is 1. The van der Waals surface area contributed by atoms with Gasteiger partial charge < -0.3 is 10.1 Å². The van der Waals surface area contributed by atoms with Crippen LogP contribution in [0, 0.1) is 17.8 Å². The van der Waals surface area contributed by atoms with Gasteiger partial charge in [-0.15, -0.1) is 0 Å². The van der Waals surface area contributed by atoms with E-state index in [1.165, 1.54) is 44.1 Å². The molecule has 0 saturated heterocycles. The van der Waals surface area contributed by atoms with Crippen molar-refractivity contribution in [2.75, 3.05) is 13.2 Å². The number of carbonyl (C=O) groups is 1. The molecule has 5 aliphatic rings. The van der Waals surface area contributed by atoms with E-state index in [1.54, 1.807) is 0 Å². The lowest BCUT2D eigenvalue weighted by Gasteiger charge is -2.57. The quantitative estimate of drug-likeness (QED) is 0.905. The average molecular weight is 354 g/mol.